The molecule has 1 aromatic heterocycles. The van der Waals surface area contributed by atoms with Crippen LogP contribution in [0.15, 0.2) is 54.7 Å². The van der Waals surface area contributed by atoms with Gasteiger partial charge in [-0.2, -0.15) is 0 Å². The number of nitrogens with zero attached hydrogens (tertiary/aromatic N) is 1. The highest BCUT2D eigenvalue weighted by molar-refractivity contribution is 5.90. The lowest BCUT2D eigenvalue weighted by Gasteiger charge is -2.19. The minimum atomic E-state index is -0.447. The Kier molecular flexibility index (Phi) is 7.33. The zero-order chi connectivity index (χ0) is 20.5. The van der Waals surface area contributed by atoms with Gasteiger partial charge in [0.05, 0.1) is 6.04 Å². The molecule has 1 aromatic carbocycles. The van der Waals surface area contributed by atoms with Crippen LogP contribution in [-0.2, 0) is 20.8 Å². The standard InChI is InChI=1S/C22H26N4O3/c27-20(10-6-14-24-22(29)18-11-12-21(28)25-18)26-19(16-7-2-1-3-8-16)15-17-9-4-5-13-23-17/h1-5,7-9,13,18-19H,6,10-12,14-15H2,(H,24,29)(H,25,28)(H,26,27)/t18-,19?/m1/s1. The van der Waals surface area contributed by atoms with Crippen LogP contribution in [0.4, 0.5) is 0 Å². The first-order chi connectivity index (χ1) is 14.1. The van der Waals surface area contributed by atoms with E-state index in [0.29, 0.717) is 38.6 Å². The van der Waals surface area contributed by atoms with Crippen LogP contribution in [-0.4, -0.2) is 35.3 Å². The third-order valence-electron chi connectivity index (χ3n) is 4.87. The van der Waals surface area contributed by atoms with E-state index in [0.717, 1.165) is 11.3 Å². The van der Waals surface area contributed by atoms with Gasteiger partial charge in [-0.25, -0.2) is 0 Å². The molecule has 0 radical (unpaired) electrons. The van der Waals surface area contributed by atoms with Crippen LogP contribution in [0.1, 0.15) is 43.0 Å². The average molecular weight is 394 g/mol. The average Bonchev–Trinajstić information content (AvgIpc) is 3.18. The van der Waals surface area contributed by atoms with Crippen LogP contribution in [0.3, 0.4) is 0 Å². The zero-order valence-corrected chi connectivity index (χ0v) is 16.3. The Morgan fingerprint density at radius 3 is 2.62 bits per heavy atom. The van der Waals surface area contributed by atoms with Gasteiger partial charge in [0, 0.05) is 37.7 Å². The second-order valence-electron chi connectivity index (χ2n) is 7.11. The maximum absolute atomic E-state index is 12.5. The summed E-state index contributed by atoms with van der Waals surface area (Å²) in [7, 11) is 0. The van der Waals surface area contributed by atoms with E-state index < -0.39 is 6.04 Å². The molecule has 2 atom stereocenters. The van der Waals surface area contributed by atoms with Gasteiger partial charge in [0.15, 0.2) is 0 Å². The number of nitrogens with one attached hydrogen (secondary N) is 3. The van der Waals surface area contributed by atoms with Gasteiger partial charge in [0.1, 0.15) is 6.04 Å². The van der Waals surface area contributed by atoms with Crippen molar-refractivity contribution in [2.45, 2.75) is 44.2 Å². The molecule has 3 amide bonds. The summed E-state index contributed by atoms with van der Waals surface area (Å²) in [4.78, 5) is 40.0. The summed E-state index contributed by atoms with van der Waals surface area (Å²) in [6, 6.07) is 15.0. The molecule has 2 heterocycles. The summed E-state index contributed by atoms with van der Waals surface area (Å²) in [5.41, 5.74) is 1.93. The van der Waals surface area contributed by atoms with E-state index in [2.05, 4.69) is 20.9 Å². The molecule has 2 aromatic rings. The molecule has 3 rings (SSSR count). The fraction of sp³-hybridized carbons (Fsp3) is 0.364. The van der Waals surface area contributed by atoms with Crippen molar-refractivity contribution in [3.8, 4) is 0 Å². The SMILES string of the molecule is O=C(CCCNC(=O)[C@H]1CCC(=O)N1)NC(Cc1ccccn1)c1ccccc1. The molecule has 7 heteroatoms. The smallest absolute Gasteiger partial charge is 0.242 e. The highest BCUT2D eigenvalue weighted by Crippen LogP contribution is 2.17. The molecule has 7 nitrogen and oxygen atoms in total. The zero-order valence-electron chi connectivity index (χ0n) is 16.3. The van der Waals surface area contributed by atoms with Gasteiger partial charge in [-0.3, -0.25) is 19.4 Å². The first kappa shape index (κ1) is 20.5. The van der Waals surface area contributed by atoms with Crippen molar-refractivity contribution in [3.05, 3.63) is 66.0 Å². The van der Waals surface area contributed by atoms with Gasteiger partial charge < -0.3 is 16.0 Å². The molecule has 1 fully saturated rings. The van der Waals surface area contributed by atoms with Crippen molar-refractivity contribution in [3.63, 3.8) is 0 Å². The summed E-state index contributed by atoms with van der Waals surface area (Å²) in [5.74, 6) is -0.351. The number of hydrogen-bond acceptors (Lipinski definition) is 4. The molecule has 29 heavy (non-hydrogen) atoms. The van der Waals surface area contributed by atoms with Crippen molar-refractivity contribution in [1.82, 2.24) is 20.9 Å². The van der Waals surface area contributed by atoms with Crippen LogP contribution in [0.25, 0.3) is 0 Å². The number of rotatable bonds is 9. The van der Waals surface area contributed by atoms with Gasteiger partial charge in [0.2, 0.25) is 17.7 Å². The van der Waals surface area contributed by atoms with E-state index in [1.54, 1.807) is 6.20 Å². The summed E-state index contributed by atoms with van der Waals surface area (Å²) in [6.45, 7) is 0.398. The molecule has 1 aliphatic heterocycles. The van der Waals surface area contributed by atoms with Gasteiger partial charge in [-0.05, 0) is 30.5 Å². The minimum Gasteiger partial charge on any atom is -0.354 e. The van der Waals surface area contributed by atoms with E-state index in [1.807, 2.05) is 48.5 Å². The predicted octanol–water partition coefficient (Wildman–Crippen LogP) is 1.66. The van der Waals surface area contributed by atoms with Crippen LogP contribution in [0, 0.1) is 0 Å². The molecular weight excluding hydrogens is 368 g/mol. The normalized spacial score (nSPS) is 16.7. The third kappa shape index (κ3) is 6.41. The van der Waals surface area contributed by atoms with E-state index in [1.165, 1.54) is 0 Å². The Labute approximate surface area is 170 Å². The summed E-state index contributed by atoms with van der Waals surface area (Å²) in [5, 5.41) is 8.50. The van der Waals surface area contributed by atoms with Gasteiger partial charge in [0.25, 0.3) is 0 Å². The van der Waals surface area contributed by atoms with Crippen LogP contribution < -0.4 is 16.0 Å². The van der Waals surface area contributed by atoms with E-state index in [9.17, 15) is 14.4 Å². The Morgan fingerprint density at radius 2 is 1.93 bits per heavy atom. The number of carbonyl (C=O) groups excluding carboxylic acids is 3. The van der Waals surface area contributed by atoms with Gasteiger partial charge in [-0.15, -0.1) is 0 Å². The number of amides is 3. The summed E-state index contributed by atoms with van der Waals surface area (Å²) < 4.78 is 0. The van der Waals surface area contributed by atoms with Crippen molar-refractivity contribution >= 4 is 17.7 Å². The Bertz CT molecular complexity index is 826. The highest BCUT2D eigenvalue weighted by Gasteiger charge is 2.26. The lowest BCUT2D eigenvalue weighted by atomic mass is 10.0. The minimum absolute atomic E-state index is 0.0711. The Morgan fingerprint density at radius 1 is 1.14 bits per heavy atom. The topological polar surface area (TPSA) is 100 Å². The molecule has 3 N–H and O–H groups in total. The largest absolute Gasteiger partial charge is 0.354 e. The van der Waals surface area contributed by atoms with Crippen molar-refractivity contribution < 1.29 is 14.4 Å². The van der Waals surface area contributed by atoms with E-state index in [4.69, 9.17) is 0 Å². The first-order valence-corrected chi connectivity index (χ1v) is 9.93. The number of carbonyl (C=O) groups is 3. The molecule has 152 valence electrons. The second-order valence-corrected chi connectivity index (χ2v) is 7.11. The lowest BCUT2D eigenvalue weighted by molar-refractivity contribution is -0.126. The van der Waals surface area contributed by atoms with Crippen LogP contribution >= 0.6 is 0 Å². The molecule has 0 bridgehead atoms. The second kappa shape index (κ2) is 10.4. The molecule has 0 saturated carbocycles. The molecule has 1 unspecified atom stereocenters. The number of pyridine rings is 1. The number of benzene rings is 1. The summed E-state index contributed by atoms with van der Waals surface area (Å²) in [6.07, 6.45) is 4.10. The van der Waals surface area contributed by atoms with E-state index in [-0.39, 0.29) is 23.8 Å². The monoisotopic (exact) mass is 394 g/mol. The maximum atomic E-state index is 12.5. The van der Waals surface area contributed by atoms with Crippen molar-refractivity contribution in [2.24, 2.45) is 0 Å². The molecule has 1 saturated heterocycles. The van der Waals surface area contributed by atoms with Crippen molar-refractivity contribution in [2.75, 3.05) is 6.54 Å². The molecule has 0 spiro atoms. The van der Waals surface area contributed by atoms with E-state index >= 15 is 0 Å². The fourth-order valence-corrected chi connectivity index (χ4v) is 3.33. The number of hydrogen-bond donors (Lipinski definition) is 3. The predicted molar refractivity (Wildman–Crippen MR) is 109 cm³/mol. The highest BCUT2D eigenvalue weighted by atomic mass is 16.2. The van der Waals surface area contributed by atoms with Gasteiger partial charge in [-0.1, -0.05) is 36.4 Å². The maximum Gasteiger partial charge on any atom is 0.242 e. The van der Waals surface area contributed by atoms with Crippen molar-refractivity contribution in [1.29, 1.82) is 0 Å². The van der Waals surface area contributed by atoms with Crippen LogP contribution in [0.2, 0.25) is 0 Å². The molecular formula is C22H26N4O3. The summed E-state index contributed by atoms with van der Waals surface area (Å²) >= 11 is 0. The van der Waals surface area contributed by atoms with Crippen LogP contribution in [0.5, 0.6) is 0 Å². The third-order valence-corrected chi connectivity index (χ3v) is 4.87. The molecule has 0 aliphatic carbocycles. The quantitative estimate of drug-likeness (QED) is 0.563. The first-order valence-electron chi connectivity index (χ1n) is 9.93. The Hall–Kier alpha value is -3.22. The number of aromatic nitrogens is 1. The molecule has 1 aliphatic rings. The Balaban J connectivity index is 1.47. The fourth-order valence-electron chi connectivity index (χ4n) is 3.33. The van der Waals surface area contributed by atoms with Gasteiger partial charge >= 0.3 is 0 Å². The lowest BCUT2D eigenvalue weighted by Crippen LogP contribution is -2.42.